The minimum Gasteiger partial charge on any atom is -0.298 e. The van der Waals surface area contributed by atoms with E-state index >= 15 is 0 Å². The zero-order valence-electron chi connectivity index (χ0n) is 9.86. The van der Waals surface area contributed by atoms with Gasteiger partial charge in [0.25, 0.3) is 0 Å². The topological polar surface area (TPSA) is 44.9 Å². The molecule has 0 aliphatic carbocycles. The summed E-state index contributed by atoms with van der Waals surface area (Å²) in [6.45, 7) is 5.09. The van der Waals surface area contributed by atoms with E-state index in [0.29, 0.717) is 12.5 Å². The molecule has 0 fully saturated rings. The highest BCUT2D eigenvalue weighted by Crippen LogP contribution is 2.10. The highest BCUT2D eigenvalue weighted by molar-refractivity contribution is 5.20. The summed E-state index contributed by atoms with van der Waals surface area (Å²) in [6.07, 6.45) is 2.36. The van der Waals surface area contributed by atoms with Crippen LogP contribution in [-0.4, -0.2) is 27.8 Å². The third-order valence-corrected chi connectivity index (χ3v) is 2.54. The molecule has 0 aromatic carbocycles. The quantitative estimate of drug-likeness (QED) is 0.746. The van der Waals surface area contributed by atoms with Crippen molar-refractivity contribution in [3.63, 3.8) is 0 Å². The van der Waals surface area contributed by atoms with Gasteiger partial charge in [0.1, 0.15) is 0 Å². The van der Waals surface area contributed by atoms with Crippen molar-refractivity contribution in [2.24, 2.45) is 7.05 Å². The Morgan fingerprint density at radius 3 is 2.80 bits per heavy atom. The van der Waals surface area contributed by atoms with E-state index in [0.717, 1.165) is 17.8 Å². The first-order chi connectivity index (χ1) is 7.04. The first-order valence-corrected chi connectivity index (χ1v) is 5.13. The van der Waals surface area contributed by atoms with Gasteiger partial charge in [-0.1, -0.05) is 0 Å². The smallest absolute Gasteiger partial charge is 0.0807 e. The number of rotatable bonds is 4. The highest BCUT2D eigenvalue weighted by Gasteiger charge is 2.11. The average molecular weight is 206 g/mol. The maximum atomic E-state index is 8.70. The normalized spacial score (nSPS) is 11.0. The summed E-state index contributed by atoms with van der Waals surface area (Å²) >= 11 is 0. The third-order valence-electron chi connectivity index (χ3n) is 2.54. The van der Waals surface area contributed by atoms with Gasteiger partial charge in [-0.15, -0.1) is 0 Å². The lowest BCUT2D eigenvalue weighted by molar-refractivity contribution is 0.261. The largest absolute Gasteiger partial charge is 0.298 e. The SMILES string of the molecule is CC(C)N(C)Cc1nn(C)cc1CC#N. The van der Waals surface area contributed by atoms with Crippen LogP contribution in [0.25, 0.3) is 0 Å². The van der Waals surface area contributed by atoms with Crippen LogP contribution in [-0.2, 0) is 20.0 Å². The molecule has 0 N–H and O–H groups in total. The second kappa shape index (κ2) is 4.94. The molecule has 0 radical (unpaired) electrons. The summed E-state index contributed by atoms with van der Waals surface area (Å²) in [5, 5.41) is 13.1. The van der Waals surface area contributed by atoms with Crippen LogP contribution >= 0.6 is 0 Å². The zero-order chi connectivity index (χ0) is 11.4. The summed E-state index contributed by atoms with van der Waals surface area (Å²) in [5.74, 6) is 0. The molecule has 1 aromatic rings. The van der Waals surface area contributed by atoms with Crippen LogP contribution in [0.1, 0.15) is 25.1 Å². The van der Waals surface area contributed by atoms with Crippen molar-refractivity contribution in [1.29, 1.82) is 5.26 Å². The fourth-order valence-electron chi connectivity index (χ4n) is 1.37. The van der Waals surface area contributed by atoms with Crippen molar-refractivity contribution in [2.45, 2.75) is 32.9 Å². The number of nitriles is 1. The molecule has 1 rings (SSSR count). The molecule has 0 spiro atoms. The van der Waals surface area contributed by atoms with Gasteiger partial charge in [0.05, 0.1) is 18.2 Å². The summed E-state index contributed by atoms with van der Waals surface area (Å²) in [6, 6.07) is 2.66. The predicted molar refractivity (Wildman–Crippen MR) is 59.1 cm³/mol. The standard InChI is InChI=1S/C11H18N4/c1-9(2)14(3)8-11-10(5-6-12)7-15(4)13-11/h7,9H,5,8H2,1-4H3. The Morgan fingerprint density at radius 2 is 2.27 bits per heavy atom. The van der Waals surface area contributed by atoms with Gasteiger partial charge in [-0.3, -0.25) is 9.58 Å². The molecule has 0 aliphatic rings. The van der Waals surface area contributed by atoms with E-state index in [9.17, 15) is 0 Å². The first kappa shape index (κ1) is 11.7. The van der Waals surface area contributed by atoms with Gasteiger partial charge < -0.3 is 0 Å². The Hall–Kier alpha value is -1.34. The maximum Gasteiger partial charge on any atom is 0.0807 e. The first-order valence-electron chi connectivity index (χ1n) is 5.13. The number of nitrogens with zero attached hydrogens (tertiary/aromatic N) is 4. The minimum atomic E-state index is 0.440. The molecule has 82 valence electrons. The lowest BCUT2D eigenvalue weighted by Gasteiger charge is -2.19. The van der Waals surface area contributed by atoms with E-state index in [-0.39, 0.29) is 0 Å². The number of hydrogen-bond acceptors (Lipinski definition) is 3. The molecule has 15 heavy (non-hydrogen) atoms. The van der Waals surface area contributed by atoms with Gasteiger partial charge in [0, 0.05) is 31.4 Å². The van der Waals surface area contributed by atoms with Crippen LogP contribution in [0.5, 0.6) is 0 Å². The summed E-state index contributed by atoms with van der Waals surface area (Å²) < 4.78 is 1.77. The number of aromatic nitrogens is 2. The third kappa shape index (κ3) is 3.07. The van der Waals surface area contributed by atoms with Crippen LogP contribution < -0.4 is 0 Å². The van der Waals surface area contributed by atoms with Gasteiger partial charge in [-0.05, 0) is 20.9 Å². The van der Waals surface area contributed by atoms with Crippen molar-refractivity contribution >= 4 is 0 Å². The molecule has 0 saturated carbocycles. The Kier molecular flexibility index (Phi) is 3.87. The van der Waals surface area contributed by atoms with Crippen molar-refractivity contribution in [1.82, 2.24) is 14.7 Å². The number of hydrogen-bond donors (Lipinski definition) is 0. The molecule has 0 atom stereocenters. The summed E-state index contributed by atoms with van der Waals surface area (Å²) in [5.41, 5.74) is 2.04. The predicted octanol–water partition coefficient (Wildman–Crippen LogP) is 1.33. The molecule has 1 heterocycles. The molecule has 0 amide bonds. The van der Waals surface area contributed by atoms with Gasteiger partial charge in [-0.25, -0.2) is 0 Å². The molecular weight excluding hydrogens is 188 g/mol. The minimum absolute atomic E-state index is 0.440. The Balaban J connectivity index is 2.80. The average Bonchev–Trinajstić information content (AvgIpc) is 2.47. The van der Waals surface area contributed by atoms with Crippen LogP contribution in [0.4, 0.5) is 0 Å². The summed E-state index contributed by atoms with van der Waals surface area (Å²) in [7, 11) is 3.95. The van der Waals surface area contributed by atoms with Crippen molar-refractivity contribution in [2.75, 3.05) is 7.05 Å². The van der Waals surface area contributed by atoms with Crippen LogP contribution in [0.15, 0.2) is 6.20 Å². The molecule has 4 heteroatoms. The van der Waals surface area contributed by atoms with Gasteiger partial charge in [0.15, 0.2) is 0 Å². The van der Waals surface area contributed by atoms with Crippen molar-refractivity contribution in [3.8, 4) is 6.07 Å². The second-order valence-electron chi connectivity index (χ2n) is 4.12. The number of aryl methyl sites for hydroxylation is 1. The molecule has 1 aromatic heterocycles. The van der Waals surface area contributed by atoms with Crippen LogP contribution in [0.3, 0.4) is 0 Å². The Bertz CT molecular complexity index is 359. The molecule has 4 nitrogen and oxygen atoms in total. The van der Waals surface area contributed by atoms with E-state index < -0.39 is 0 Å². The molecule has 0 aliphatic heterocycles. The van der Waals surface area contributed by atoms with Crippen LogP contribution in [0.2, 0.25) is 0 Å². The van der Waals surface area contributed by atoms with Crippen molar-refractivity contribution < 1.29 is 0 Å². The van der Waals surface area contributed by atoms with E-state index in [2.05, 4.69) is 37.0 Å². The van der Waals surface area contributed by atoms with E-state index in [4.69, 9.17) is 5.26 Å². The fourth-order valence-corrected chi connectivity index (χ4v) is 1.37. The van der Waals surface area contributed by atoms with E-state index in [1.165, 1.54) is 0 Å². The molecule has 0 unspecified atom stereocenters. The second-order valence-corrected chi connectivity index (χ2v) is 4.12. The lowest BCUT2D eigenvalue weighted by atomic mass is 10.2. The van der Waals surface area contributed by atoms with Crippen molar-refractivity contribution in [3.05, 3.63) is 17.5 Å². The molecule has 0 saturated heterocycles. The maximum absolute atomic E-state index is 8.70. The molecule has 0 bridgehead atoms. The van der Waals surface area contributed by atoms with Gasteiger partial charge in [-0.2, -0.15) is 10.4 Å². The zero-order valence-corrected chi connectivity index (χ0v) is 9.86. The summed E-state index contributed by atoms with van der Waals surface area (Å²) in [4.78, 5) is 2.21. The monoisotopic (exact) mass is 206 g/mol. The van der Waals surface area contributed by atoms with Gasteiger partial charge >= 0.3 is 0 Å². The fraction of sp³-hybridized carbons (Fsp3) is 0.636. The highest BCUT2D eigenvalue weighted by atomic mass is 15.3. The Morgan fingerprint density at radius 1 is 1.60 bits per heavy atom. The van der Waals surface area contributed by atoms with Gasteiger partial charge in [0.2, 0.25) is 0 Å². The molecular formula is C11H18N4. The van der Waals surface area contributed by atoms with E-state index in [1.807, 2.05) is 13.2 Å². The van der Waals surface area contributed by atoms with Crippen LogP contribution in [0, 0.1) is 11.3 Å². The Labute approximate surface area is 91.1 Å². The lowest BCUT2D eigenvalue weighted by Crippen LogP contribution is -2.26. The van der Waals surface area contributed by atoms with E-state index in [1.54, 1.807) is 4.68 Å².